The van der Waals surface area contributed by atoms with Crippen LogP contribution in [0, 0.1) is 0 Å². The fraction of sp³-hybridized carbons (Fsp3) is 0.857. The number of hydrogen-bond acceptors (Lipinski definition) is 4. The minimum atomic E-state index is -0.00613. The highest BCUT2D eigenvalue weighted by molar-refractivity contribution is 8.00. The Morgan fingerprint density at radius 1 is 1.30 bits per heavy atom. The highest BCUT2D eigenvalue weighted by Crippen LogP contribution is 2.21. The number of likely N-dealkylation sites (tertiary alicyclic amines) is 1. The average molecular weight is 299 g/mol. The van der Waals surface area contributed by atoms with Gasteiger partial charge in [-0.3, -0.25) is 9.59 Å². The summed E-state index contributed by atoms with van der Waals surface area (Å²) >= 11 is 1.80. The zero-order valence-electron chi connectivity index (χ0n) is 12.2. The third-order valence-electron chi connectivity index (χ3n) is 3.91. The summed E-state index contributed by atoms with van der Waals surface area (Å²) in [5.74, 6) is 0.800. The van der Waals surface area contributed by atoms with Crippen LogP contribution in [0.4, 0.5) is 0 Å². The van der Waals surface area contributed by atoms with Crippen LogP contribution in [0.15, 0.2) is 0 Å². The van der Waals surface area contributed by atoms with Crippen molar-refractivity contribution in [2.45, 2.75) is 43.9 Å². The summed E-state index contributed by atoms with van der Waals surface area (Å²) < 4.78 is 0. The molecule has 0 bridgehead atoms. The predicted octanol–water partition coefficient (Wildman–Crippen LogP) is 0.599. The third kappa shape index (κ3) is 4.98. The fourth-order valence-corrected chi connectivity index (χ4v) is 3.98. The average Bonchev–Trinajstić information content (AvgIpc) is 2.45. The Hall–Kier alpha value is -0.750. The van der Waals surface area contributed by atoms with Gasteiger partial charge in [-0.05, 0) is 38.8 Å². The second-order valence-electron chi connectivity index (χ2n) is 5.64. The van der Waals surface area contributed by atoms with Gasteiger partial charge in [0.05, 0.1) is 5.75 Å². The van der Waals surface area contributed by atoms with E-state index in [1.54, 1.807) is 11.8 Å². The monoisotopic (exact) mass is 299 g/mol. The van der Waals surface area contributed by atoms with Crippen molar-refractivity contribution in [3.8, 4) is 0 Å². The number of carbonyl (C=O) groups excluding carboxylic acids is 2. The van der Waals surface area contributed by atoms with Crippen LogP contribution in [0.1, 0.15) is 32.6 Å². The molecule has 2 heterocycles. The lowest BCUT2D eigenvalue weighted by Crippen LogP contribution is -2.49. The van der Waals surface area contributed by atoms with Crippen LogP contribution < -0.4 is 10.6 Å². The highest BCUT2D eigenvalue weighted by Gasteiger charge is 2.24. The van der Waals surface area contributed by atoms with Gasteiger partial charge in [-0.1, -0.05) is 0 Å². The molecule has 0 aromatic carbocycles. The van der Waals surface area contributed by atoms with Gasteiger partial charge in [0.25, 0.3) is 0 Å². The molecule has 1 atom stereocenters. The zero-order valence-corrected chi connectivity index (χ0v) is 13.0. The van der Waals surface area contributed by atoms with Crippen LogP contribution in [0.2, 0.25) is 0 Å². The third-order valence-corrected chi connectivity index (χ3v) is 5.27. The molecule has 20 heavy (non-hydrogen) atoms. The standard InChI is InChI=1S/C14H25N3O2S/c1-11(18)16-12-3-2-8-17(9-12)14(19)10-20-13-4-6-15-7-5-13/h12-13,15H,2-10H2,1H3,(H,16,18). The largest absolute Gasteiger partial charge is 0.352 e. The number of amides is 2. The molecule has 2 amide bonds. The SMILES string of the molecule is CC(=O)NC1CCCN(C(=O)CSC2CCNCC2)C1. The first-order valence-electron chi connectivity index (χ1n) is 7.52. The molecule has 0 aromatic heterocycles. The summed E-state index contributed by atoms with van der Waals surface area (Å²) in [4.78, 5) is 25.3. The van der Waals surface area contributed by atoms with Crippen molar-refractivity contribution in [2.75, 3.05) is 31.9 Å². The first-order valence-corrected chi connectivity index (χ1v) is 8.57. The maximum absolute atomic E-state index is 12.2. The highest BCUT2D eigenvalue weighted by atomic mass is 32.2. The molecule has 0 aromatic rings. The van der Waals surface area contributed by atoms with Gasteiger partial charge in [-0.2, -0.15) is 0 Å². The first kappa shape index (κ1) is 15.6. The summed E-state index contributed by atoms with van der Waals surface area (Å²) in [6.45, 7) is 5.18. The molecule has 6 heteroatoms. The molecular weight excluding hydrogens is 274 g/mol. The smallest absolute Gasteiger partial charge is 0.232 e. The van der Waals surface area contributed by atoms with Crippen molar-refractivity contribution in [1.29, 1.82) is 0 Å². The summed E-state index contributed by atoms with van der Waals surface area (Å²) in [5, 5.41) is 6.89. The van der Waals surface area contributed by atoms with E-state index >= 15 is 0 Å². The lowest BCUT2D eigenvalue weighted by molar-refractivity contribution is -0.130. The van der Waals surface area contributed by atoms with Crippen molar-refractivity contribution in [2.24, 2.45) is 0 Å². The van der Waals surface area contributed by atoms with Gasteiger partial charge in [0.15, 0.2) is 0 Å². The van der Waals surface area contributed by atoms with Gasteiger partial charge in [0.2, 0.25) is 11.8 Å². The molecule has 2 aliphatic rings. The summed E-state index contributed by atoms with van der Waals surface area (Å²) in [6, 6.07) is 0.133. The molecule has 0 spiro atoms. The Morgan fingerprint density at radius 2 is 2.05 bits per heavy atom. The van der Waals surface area contributed by atoms with Gasteiger partial charge in [-0.15, -0.1) is 11.8 Å². The molecule has 2 aliphatic heterocycles. The quantitative estimate of drug-likeness (QED) is 0.798. The Bertz CT molecular complexity index is 345. The number of rotatable bonds is 4. The van der Waals surface area contributed by atoms with Gasteiger partial charge in [0.1, 0.15) is 0 Å². The van der Waals surface area contributed by atoms with Crippen molar-refractivity contribution >= 4 is 23.6 Å². The van der Waals surface area contributed by atoms with Crippen LogP contribution in [-0.2, 0) is 9.59 Å². The van der Waals surface area contributed by atoms with Crippen molar-refractivity contribution < 1.29 is 9.59 Å². The number of nitrogens with zero attached hydrogens (tertiary/aromatic N) is 1. The Morgan fingerprint density at radius 3 is 2.75 bits per heavy atom. The van der Waals surface area contributed by atoms with Gasteiger partial charge < -0.3 is 15.5 Å². The molecule has 0 aliphatic carbocycles. The van der Waals surface area contributed by atoms with Crippen LogP contribution in [0.25, 0.3) is 0 Å². The minimum Gasteiger partial charge on any atom is -0.352 e. The second kappa shape index (κ2) is 7.88. The Labute approximate surface area is 125 Å². The van der Waals surface area contributed by atoms with Crippen LogP contribution in [0.3, 0.4) is 0 Å². The predicted molar refractivity (Wildman–Crippen MR) is 81.8 cm³/mol. The van der Waals surface area contributed by atoms with Crippen LogP contribution in [-0.4, -0.2) is 59.9 Å². The van der Waals surface area contributed by atoms with Crippen LogP contribution in [0.5, 0.6) is 0 Å². The molecule has 114 valence electrons. The number of thioether (sulfide) groups is 1. The van der Waals surface area contributed by atoms with E-state index in [1.807, 2.05) is 4.90 Å². The van der Waals surface area contributed by atoms with Crippen molar-refractivity contribution in [3.63, 3.8) is 0 Å². The topological polar surface area (TPSA) is 61.4 Å². The van der Waals surface area contributed by atoms with E-state index < -0.39 is 0 Å². The lowest BCUT2D eigenvalue weighted by atomic mass is 10.1. The Balaban J connectivity index is 1.72. The Kier molecular flexibility index (Phi) is 6.16. The van der Waals surface area contributed by atoms with E-state index in [0.29, 0.717) is 17.5 Å². The van der Waals surface area contributed by atoms with Crippen molar-refractivity contribution in [1.82, 2.24) is 15.5 Å². The van der Waals surface area contributed by atoms with E-state index in [0.717, 1.165) is 45.3 Å². The zero-order chi connectivity index (χ0) is 14.4. The fourth-order valence-electron chi connectivity index (χ4n) is 2.85. The molecule has 0 saturated carbocycles. The lowest BCUT2D eigenvalue weighted by Gasteiger charge is -2.33. The molecule has 2 N–H and O–H groups in total. The van der Waals surface area contributed by atoms with E-state index in [1.165, 1.54) is 6.92 Å². The maximum Gasteiger partial charge on any atom is 0.232 e. The van der Waals surface area contributed by atoms with Gasteiger partial charge in [-0.25, -0.2) is 0 Å². The van der Waals surface area contributed by atoms with Gasteiger partial charge in [0, 0.05) is 31.3 Å². The summed E-state index contributed by atoms with van der Waals surface area (Å²) in [6.07, 6.45) is 4.28. The molecule has 2 rings (SSSR count). The van der Waals surface area contributed by atoms with Crippen molar-refractivity contribution in [3.05, 3.63) is 0 Å². The number of nitrogens with one attached hydrogen (secondary N) is 2. The molecule has 2 saturated heterocycles. The first-order chi connectivity index (χ1) is 9.65. The molecule has 2 fully saturated rings. The van der Waals surface area contributed by atoms with E-state index in [-0.39, 0.29) is 17.9 Å². The van der Waals surface area contributed by atoms with Crippen LogP contribution >= 0.6 is 11.8 Å². The normalized spacial score (nSPS) is 24.4. The minimum absolute atomic E-state index is 0.00613. The number of hydrogen-bond donors (Lipinski definition) is 2. The van der Waals surface area contributed by atoms with E-state index in [4.69, 9.17) is 0 Å². The van der Waals surface area contributed by atoms with E-state index in [2.05, 4.69) is 10.6 Å². The maximum atomic E-state index is 12.2. The molecule has 1 unspecified atom stereocenters. The number of carbonyl (C=O) groups is 2. The molecule has 0 radical (unpaired) electrons. The molecular formula is C14H25N3O2S. The molecule has 5 nitrogen and oxygen atoms in total. The van der Waals surface area contributed by atoms with E-state index in [9.17, 15) is 9.59 Å². The van der Waals surface area contributed by atoms with Gasteiger partial charge >= 0.3 is 0 Å². The summed E-state index contributed by atoms with van der Waals surface area (Å²) in [5.41, 5.74) is 0. The second-order valence-corrected chi connectivity index (χ2v) is 6.93. The summed E-state index contributed by atoms with van der Waals surface area (Å²) in [7, 11) is 0. The number of piperidine rings is 2.